The van der Waals surface area contributed by atoms with Crippen LogP contribution in [0.2, 0.25) is 0 Å². The second kappa shape index (κ2) is 11.9. The van der Waals surface area contributed by atoms with Gasteiger partial charge < -0.3 is 9.84 Å². The van der Waals surface area contributed by atoms with Gasteiger partial charge in [0, 0.05) is 22.3 Å². The number of hydrogen-bond donors (Lipinski definition) is 1. The number of rotatable bonds is 8. The molecule has 0 aliphatic heterocycles. The van der Waals surface area contributed by atoms with E-state index >= 15 is 0 Å². The molecule has 1 unspecified atom stereocenters. The SMILES string of the molecule is C/C=C/CCc1ccc(C2=CCC(OCc3ccc(-c4ccc(O)c(F)c4F)c(F)c3F)CC2)c(F)c1F. The Morgan fingerprint density at radius 3 is 2.08 bits per heavy atom. The average molecular weight is 533 g/mol. The van der Waals surface area contributed by atoms with Crippen LogP contribution in [0.3, 0.4) is 0 Å². The molecule has 8 heteroatoms. The lowest BCUT2D eigenvalue weighted by atomic mass is 9.90. The first-order valence-electron chi connectivity index (χ1n) is 12.3. The fraction of sp³-hybridized carbons (Fsp3) is 0.267. The largest absolute Gasteiger partial charge is 0.505 e. The second-order valence-electron chi connectivity index (χ2n) is 9.11. The number of phenolic OH excluding ortho intramolecular Hbond substituents is 1. The molecule has 0 amide bonds. The van der Waals surface area contributed by atoms with Crippen molar-refractivity contribution in [1.29, 1.82) is 0 Å². The number of phenols is 1. The van der Waals surface area contributed by atoms with Gasteiger partial charge in [-0.2, -0.15) is 4.39 Å². The minimum absolute atomic E-state index is 0.109. The van der Waals surface area contributed by atoms with Crippen LogP contribution in [-0.4, -0.2) is 11.2 Å². The van der Waals surface area contributed by atoms with E-state index in [0.29, 0.717) is 43.2 Å². The van der Waals surface area contributed by atoms with E-state index < -0.39 is 51.8 Å². The van der Waals surface area contributed by atoms with Gasteiger partial charge in [-0.3, -0.25) is 0 Å². The molecule has 0 bridgehead atoms. The number of ether oxygens (including phenoxy) is 1. The fourth-order valence-electron chi connectivity index (χ4n) is 4.51. The maximum absolute atomic E-state index is 14.7. The first-order valence-corrected chi connectivity index (χ1v) is 12.3. The average Bonchev–Trinajstić information content (AvgIpc) is 2.92. The zero-order valence-corrected chi connectivity index (χ0v) is 20.6. The van der Waals surface area contributed by atoms with Gasteiger partial charge in [0.25, 0.3) is 0 Å². The molecule has 3 aromatic carbocycles. The zero-order chi connectivity index (χ0) is 27.4. The topological polar surface area (TPSA) is 29.5 Å². The highest BCUT2D eigenvalue weighted by molar-refractivity contribution is 5.68. The molecule has 1 aliphatic rings. The van der Waals surface area contributed by atoms with Crippen LogP contribution in [0, 0.1) is 34.9 Å². The molecule has 1 atom stereocenters. The summed E-state index contributed by atoms with van der Waals surface area (Å²) < 4.78 is 92.2. The number of allylic oxidation sites excluding steroid dienone is 3. The van der Waals surface area contributed by atoms with Crippen LogP contribution in [0.1, 0.15) is 49.3 Å². The van der Waals surface area contributed by atoms with Crippen molar-refractivity contribution in [1.82, 2.24) is 0 Å². The Labute approximate surface area is 216 Å². The van der Waals surface area contributed by atoms with Gasteiger partial charge in [-0.15, -0.1) is 0 Å². The van der Waals surface area contributed by atoms with Crippen LogP contribution < -0.4 is 0 Å². The molecule has 0 saturated carbocycles. The molecule has 200 valence electrons. The summed E-state index contributed by atoms with van der Waals surface area (Å²) >= 11 is 0. The van der Waals surface area contributed by atoms with Crippen LogP contribution in [0.5, 0.6) is 5.75 Å². The fourth-order valence-corrected chi connectivity index (χ4v) is 4.51. The highest BCUT2D eigenvalue weighted by Crippen LogP contribution is 2.34. The summed E-state index contributed by atoms with van der Waals surface area (Å²) in [6, 6.07) is 7.33. The van der Waals surface area contributed by atoms with Crippen molar-refractivity contribution in [3.05, 3.63) is 106 Å². The van der Waals surface area contributed by atoms with Crippen LogP contribution in [0.25, 0.3) is 16.7 Å². The normalized spacial score (nSPS) is 15.8. The molecule has 0 spiro atoms. The smallest absolute Gasteiger partial charge is 0.200 e. The highest BCUT2D eigenvalue weighted by atomic mass is 19.2. The lowest BCUT2D eigenvalue weighted by Crippen LogP contribution is -2.16. The molecule has 1 N–H and O–H groups in total. The van der Waals surface area contributed by atoms with Crippen molar-refractivity contribution in [2.75, 3.05) is 0 Å². The number of hydrogen-bond acceptors (Lipinski definition) is 2. The van der Waals surface area contributed by atoms with E-state index in [0.717, 1.165) is 18.2 Å². The van der Waals surface area contributed by atoms with Gasteiger partial charge in [0.15, 0.2) is 34.8 Å². The third-order valence-corrected chi connectivity index (χ3v) is 6.68. The van der Waals surface area contributed by atoms with Crippen LogP contribution in [0.15, 0.2) is 54.6 Å². The molecule has 0 saturated heterocycles. The van der Waals surface area contributed by atoms with Crippen LogP contribution >= 0.6 is 0 Å². The molecule has 2 nitrogen and oxygen atoms in total. The van der Waals surface area contributed by atoms with Crippen molar-refractivity contribution in [3.8, 4) is 16.9 Å². The molecule has 1 aliphatic carbocycles. The predicted molar refractivity (Wildman–Crippen MR) is 133 cm³/mol. The molecule has 0 heterocycles. The van der Waals surface area contributed by atoms with Gasteiger partial charge in [-0.25, -0.2) is 22.0 Å². The molecule has 4 rings (SSSR count). The lowest BCUT2D eigenvalue weighted by Gasteiger charge is -2.23. The maximum atomic E-state index is 14.7. The van der Waals surface area contributed by atoms with Gasteiger partial charge in [-0.1, -0.05) is 42.5 Å². The Morgan fingerprint density at radius 1 is 0.789 bits per heavy atom. The number of aromatic hydroxyl groups is 1. The molecule has 0 radical (unpaired) electrons. The van der Waals surface area contributed by atoms with Gasteiger partial charge in [0.2, 0.25) is 5.82 Å². The summed E-state index contributed by atoms with van der Waals surface area (Å²) in [5.41, 5.74) is 0.0600. The summed E-state index contributed by atoms with van der Waals surface area (Å²) in [5.74, 6) is -8.33. The highest BCUT2D eigenvalue weighted by Gasteiger charge is 2.23. The first kappa shape index (κ1) is 27.5. The Morgan fingerprint density at radius 2 is 1.39 bits per heavy atom. The van der Waals surface area contributed by atoms with Crippen LogP contribution in [-0.2, 0) is 17.8 Å². The van der Waals surface area contributed by atoms with Gasteiger partial charge >= 0.3 is 0 Å². The Hall–Kier alpha value is -3.52. The van der Waals surface area contributed by atoms with E-state index in [-0.39, 0.29) is 23.8 Å². The quantitative estimate of drug-likeness (QED) is 0.233. The molecular weight excluding hydrogens is 506 g/mol. The number of aryl methyl sites for hydroxylation is 1. The second-order valence-corrected chi connectivity index (χ2v) is 9.11. The standard InChI is InChI=1S/C30H26F6O2/c1-2-3-4-5-18-8-12-21(27(33)25(18)31)17-6-10-20(11-7-17)38-16-19-9-13-22(28(34)26(19)32)23-14-15-24(37)30(36)29(23)35/h2-3,6,8-9,12-15,20,37H,4-5,7,10-11,16H2,1H3/b3-2+. The monoisotopic (exact) mass is 532 g/mol. The Bertz CT molecular complexity index is 1400. The summed E-state index contributed by atoms with van der Waals surface area (Å²) in [7, 11) is 0. The summed E-state index contributed by atoms with van der Waals surface area (Å²) in [5, 5.41) is 9.25. The first-order chi connectivity index (χ1) is 18.2. The summed E-state index contributed by atoms with van der Waals surface area (Å²) in [6.45, 7) is 1.59. The van der Waals surface area contributed by atoms with Gasteiger partial charge in [-0.05, 0) is 62.3 Å². The van der Waals surface area contributed by atoms with E-state index in [1.54, 1.807) is 18.2 Å². The minimum Gasteiger partial charge on any atom is -0.505 e. The molecule has 38 heavy (non-hydrogen) atoms. The maximum Gasteiger partial charge on any atom is 0.200 e. The predicted octanol–water partition coefficient (Wildman–Crippen LogP) is 8.56. The van der Waals surface area contributed by atoms with Crippen molar-refractivity contribution in [2.45, 2.75) is 51.7 Å². The Kier molecular flexibility index (Phi) is 8.62. The lowest BCUT2D eigenvalue weighted by molar-refractivity contribution is 0.0342. The van der Waals surface area contributed by atoms with E-state index in [2.05, 4.69) is 0 Å². The van der Waals surface area contributed by atoms with Gasteiger partial charge in [0.1, 0.15) is 0 Å². The van der Waals surface area contributed by atoms with E-state index in [4.69, 9.17) is 4.74 Å². The van der Waals surface area contributed by atoms with E-state index in [1.165, 1.54) is 6.07 Å². The third-order valence-electron chi connectivity index (χ3n) is 6.68. The van der Waals surface area contributed by atoms with Crippen molar-refractivity contribution < 1.29 is 36.2 Å². The van der Waals surface area contributed by atoms with E-state index in [9.17, 15) is 31.4 Å². The molecular formula is C30H26F6O2. The van der Waals surface area contributed by atoms with E-state index in [1.807, 2.05) is 19.1 Å². The van der Waals surface area contributed by atoms with Gasteiger partial charge in [0.05, 0.1) is 12.7 Å². The minimum atomic E-state index is -1.55. The molecule has 3 aromatic rings. The molecule has 0 aromatic heterocycles. The van der Waals surface area contributed by atoms with Crippen molar-refractivity contribution in [2.24, 2.45) is 0 Å². The number of benzene rings is 3. The zero-order valence-electron chi connectivity index (χ0n) is 20.6. The summed E-state index contributed by atoms with van der Waals surface area (Å²) in [4.78, 5) is 0. The molecule has 0 fully saturated rings. The third kappa shape index (κ3) is 5.65. The number of halogens is 6. The van der Waals surface area contributed by atoms with Crippen LogP contribution in [0.4, 0.5) is 26.3 Å². The summed E-state index contributed by atoms with van der Waals surface area (Å²) in [6.07, 6.45) is 7.44. The van der Waals surface area contributed by atoms with Crippen molar-refractivity contribution >= 4 is 5.57 Å². The van der Waals surface area contributed by atoms with Crippen molar-refractivity contribution in [3.63, 3.8) is 0 Å². The Balaban J connectivity index is 1.42.